The molecule has 0 saturated carbocycles. The maximum atomic E-state index is 13.9. The van der Waals surface area contributed by atoms with E-state index in [0.29, 0.717) is 30.2 Å². The number of benzene rings is 1. The van der Waals surface area contributed by atoms with E-state index in [0.717, 1.165) is 45.3 Å². The molecular weight excluding hydrogens is 369 g/mol. The third kappa shape index (κ3) is 4.37. The van der Waals surface area contributed by atoms with Gasteiger partial charge in [0.2, 0.25) is 11.8 Å². The number of oxazole rings is 1. The van der Waals surface area contributed by atoms with E-state index in [4.69, 9.17) is 4.42 Å². The van der Waals surface area contributed by atoms with Crippen LogP contribution < -0.4 is 0 Å². The van der Waals surface area contributed by atoms with Gasteiger partial charge in [0.15, 0.2) is 0 Å². The molecule has 1 amide bonds. The smallest absolute Gasteiger partial charge is 0.225 e. The van der Waals surface area contributed by atoms with Crippen molar-refractivity contribution in [2.75, 3.05) is 33.2 Å². The Bertz CT molecular complexity index is 859. The number of likely N-dealkylation sites (tertiary alicyclic amines) is 2. The molecule has 1 aromatic heterocycles. The van der Waals surface area contributed by atoms with Crippen molar-refractivity contribution in [3.8, 4) is 0 Å². The predicted molar refractivity (Wildman–Crippen MR) is 109 cm³/mol. The molecule has 0 bridgehead atoms. The van der Waals surface area contributed by atoms with Gasteiger partial charge in [0.05, 0.1) is 11.6 Å². The molecule has 2 saturated heterocycles. The first-order valence-corrected chi connectivity index (χ1v) is 10.6. The van der Waals surface area contributed by atoms with Crippen LogP contribution in [0, 0.1) is 11.7 Å². The van der Waals surface area contributed by atoms with Crippen molar-refractivity contribution in [2.24, 2.45) is 5.92 Å². The van der Waals surface area contributed by atoms with Crippen LogP contribution in [-0.4, -0.2) is 53.9 Å². The number of aromatic nitrogens is 1. The molecule has 1 aromatic carbocycles. The molecular formula is C23H30FN3O2. The number of carbonyl (C=O) groups excluding carboxylic acids is 1. The fourth-order valence-corrected chi connectivity index (χ4v) is 4.61. The highest BCUT2D eigenvalue weighted by molar-refractivity contribution is 5.79. The number of rotatable bonds is 4. The second kappa shape index (κ2) is 8.27. The Morgan fingerprint density at radius 3 is 2.79 bits per heavy atom. The van der Waals surface area contributed by atoms with Gasteiger partial charge in [-0.05, 0) is 64.4 Å². The van der Waals surface area contributed by atoms with Gasteiger partial charge < -0.3 is 14.2 Å². The summed E-state index contributed by atoms with van der Waals surface area (Å²) in [5.74, 6) is 1.50. The third-order valence-electron chi connectivity index (χ3n) is 6.47. The number of hydrogen-bond acceptors (Lipinski definition) is 4. The molecule has 5 nitrogen and oxygen atoms in total. The number of hydrogen-bond donors (Lipinski definition) is 0. The molecule has 29 heavy (non-hydrogen) atoms. The van der Waals surface area contributed by atoms with Crippen LogP contribution in [0.25, 0.3) is 0 Å². The summed E-state index contributed by atoms with van der Waals surface area (Å²) in [5, 5.41) is 0. The zero-order valence-electron chi connectivity index (χ0n) is 17.4. The SMILES string of the molecule is CN1CCC(C(=O)N2CCC[C@](C)(c3ncc(Cc4ccccc4F)o3)C2)CC1. The lowest BCUT2D eigenvalue weighted by molar-refractivity contribution is -0.139. The van der Waals surface area contributed by atoms with Gasteiger partial charge in [-0.1, -0.05) is 18.2 Å². The van der Waals surface area contributed by atoms with E-state index in [1.54, 1.807) is 18.3 Å². The summed E-state index contributed by atoms with van der Waals surface area (Å²) in [4.78, 5) is 21.9. The van der Waals surface area contributed by atoms with Crippen LogP contribution in [-0.2, 0) is 16.6 Å². The van der Waals surface area contributed by atoms with Crippen molar-refractivity contribution < 1.29 is 13.6 Å². The van der Waals surface area contributed by atoms with Crippen molar-refractivity contribution in [1.82, 2.24) is 14.8 Å². The van der Waals surface area contributed by atoms with Gasteiger partial charge in [-0.2, -0.15) is 0 Å². The molecule has 0 radical (unpaired) electrons. The maximum Gasteiger partial charge on any atom is 0.225 e. The first-order chi connectivity index (χ1) is 13.9. The Kier molecular flexibility index (Phi) is 5.72. The average Bonchev–Trinajstić information content (AvgIpc) is 3.19. The van der Waals surface area contributed by atoms with Gasteiger partial charge in [-0.3, -0.25) is 4.79 Å². The van der Waals surface area contributed by atoms with Gasteiger partial charge in [0.1, 0.15) is 11.6 Å². The highest BCUT2D eigenvalue weighted by Crippen LogP contribution is 2.35. The molecule has 0 unspecified atom stereocenters. The molecule has 4 rings (SSSR count). The average molecular weight is 400 g/mol. The standard InChI is InChI=1S/C23H30FN3O2/c1-23(22-25-15-19(29-22)14-18-6-3-4-7-20(18)24)10-5-11-27(16-23)21(28)17-8-12-26(2)13-9-17/h3-4,6-7,15,17H,5,8-14,16H2,1-2H3/t23-/m0/s1. The Labute approximate surface area is 171 Å². The van der Waals surface area contributed by atoms with Gasteiger partial charge >= 0.3 is 0 Å². The molecule has 6 heteroatoms. The fourth-order valence-electron chi connectivity index (χ4n) is 4.61. The van der Waals surface area contributed by atoms with Crippen LogP contribution in [0.2, 0.25) is 0 Å². The van der Waals surface area contributed by atoms with Gasteiger partial charge in [0.25, 0.3) is 0 Å². The monoisotopic (exact) mass is 399 g/mol. The Hall–Kier alpha value is -2.21. The molecule has 1 atom stereocenters. The summed E-state index contributed by atoms with van der Waals surface area (Å²) in [6.07, 6.45) is 5.84. The fraction of sp³-hybridized carbons (Fsp3) is 0.565. The molecule has 2 aliphatic rings. The van der Waals surface area contributed by atoms with Crippen molar-refractivity contribution >= 4 is 5.91 Å². The van der Waals surface area contributed by atoms with Crippen LogP contribution in [0.1, 0.15) is 49.8 Å². The Balaban J connectivity index is 1.44. The van der Waals surface area contributed by atoms with Crippen LogP contribution in [0.3, 0.4) is 0 Å². The van der Waals surface area contributed by atoms with E-state index in [1.165, 1.54) is 6.07 Å². The molecule has 0 N–H and O–H groups in total. The zero-order valence-corrected chi connectivity index (χ0v) is 17.4. The van der Waals surface area contributed by atoms with E-state index in [-0.39, 0.29) is 23.1 Å². The van der Waals surface area contributed by atoms with E-state index >= 15 is 0 Å². The van der Waals surface area contributed by atoms with Gasteiger partial charge in [0, 0.05) is 25.4 Å². The Morgan fingerprint density at radius 2 is 2.03 bits per heavy atom. The first-order valence-electron chi connectivity index (χ1n) is 10.6. The van der Waals surface area contributed by atoms with Crippen molar-refractivity contribution in [3.05, 3.63) is 53.5 Å². The van der Waals surface area contributed by atoms with E-state index in [1.807, 2.05) is 11.0 Å². The molecule has 0 aliphatic carbocycles. The number of piperidine rings is 2. The van der Waals surface area contributed by atoms with Gasteiger partial charge in [-0.15, -0.1) is 0 Å². The number of amides is 1. The minimum Gasteiger partial charge on any atom is -0.445 e. The summed E-state index contributed by atoms with van der Waals surface area (Å²) in [5.41, 5.74) is 0.301. The maximum absolute atomic E-state index is 13.9. The minimum atomic E-state index is -0.299. The molecule has 3 heterocycles. The van der Waals surface area contributed by atoms with Crippen molar-refractivity contribution in [3.63, 3.8) is 0 Å². The van der Waals surface area contributed by atoms with Crippen molar-refractivity contribution in [1.29, 1.82) is 0 Å². The minimum absolute atomic E-state index is 0.134. The number of halogens is 1. The predicted octanol–water partition coefficient (Wildman–Crippen LogP) is 3.63. The van der Waals surface area contributed by atoms with Crippen LogP contribution in [0.4, 0.5) is 4.39 Å². The van der Waals surface area contributed by atoms with Crippen LogP contribution in [0.15, 0.2) is 34.9 Å². The number of carbonyl (C=O) groups is 1. The second-order valence-electron chi connectivity index (χ2n) is 8.90. The molecule has 2 fully saturated rings. The lowest BCUT2D eigenvalue weighted by atomic mass is 9.81. The quantitative estimate of drug-likeness (QED) is 0.788. The van der Waals surface area contributed by atoms with Crippen molar-refractivity contribution in [2.45, 2.75) is 44.4 Å². The molecule has 2 aliphatic heterocycles. The summed E-state index contributed by atoms with van der Waals surface area (Å²) in [6.45, 7) is 5.54. The summed E-state index contributed by atoms with van der Waals surface area (Å²) < 4.78 is 20.0. The van der Waals surface area contributed by atoms with Gasteiger partial charge in [-0.25, -0.2) is 9.37 Å². The molecule has 2 aromatic rings. The second-order valence-corrected chi connectivity index (χ2v) is 8.90. The highest BCUT2D eigenvalue weighted by Gasteiger charge is 2.40. The van der Waals surface area contributed by atoms with E-state index in [2.05, 4.69) is 23.9 Å². The van der Waals surface area contributed by atoms with Crippen LogP contribution in [0.5, 0.6) is 0 Å². The lowest BCUT2D eigenvalue weighted by Crippen LogP contribution is -2.50. The first kappa shape index (κ1) is 20.1. The molecule has 0 spiro atoms. The van der Waals surface area contributed by atoms with Crippen LogP contribution >= 0.6 is 0 Å². The topological polar surface area (TPSA) is 49.6 Å². The zero-order chi connectivity index (χ0) is 20.4. The largest absolute Gasteiger partial charge is 0.445 e. The van der Waals surface area contributed by atoms with E-state index in [9.17, 15) is 9.18 Å². The van der Waals surface area contributed by atoms with E-state index < -0.39 is 0 Å². The lowest BCUT2D eigenvalue weighted by Gasteiger charge is -2.41. The Morgan fingerprint density at radius 1 is 1.28 bits per heavy atom. The summed E-state index contributed by atoms with van der Waals surface area (Å²) in [7, 11) is 2.11. The summed E-state index contributed by atoms with van der Waals surface area (Å²) in [6, 6.07) is 6.73. The third-order valence-corrected chi connectivity index (χ3v) is 6.47. The summed E-state index contributed by atoms with van der Waals surface area (Å²) >= 11 is 0. The molecule has 156 valence electrons. The number of nitrogens with zero attached hydrogens (tertiary/aromatic N) is 3. The highest BCUT2D eigenvalue weighted by atomic mass is 19.1. The normalized spacial score (nSPS) is 24.0.